The van der Waals surface area contributed by atoms with E-state index in [2.05, 4.69) is 15.3 Å². The van der Waals surface area contributed by atoms with Crippen molar-refractivity contribution in [2.75, 3.05) is 12.5 Å². The van der Waals surface area contributed by atoms with E-state index in [1.165, 1.54) is 19.2 Å². The molecule has 1 aromatic rings. The topological polar surface area (TPSA) is 93.8 Å². The van der Waals surface area contributed by atoms with Crippen LogP contribution in [-0.2, 0) is 9.53 Å². The Balaban J connectivity index is 2.21. The highest BCUT2D eigenvalue weighted by atomic mass is 16.6. The zero-order valence-corrected chi connectivity index (χ0v) is 11.2. The van der Waals surface area contributed by atoms with E-state index in [4.69, 9.17) is 0 Å². The molecular weight excluding hydrogens is 262 g/mol. The third-order valence-electron chi connectivity index (χ3n) is 2.55. The number of esters is 1. The Kier molecular flexibility index (Phi) is 6.74. The molecule has 0 saturated heterocycles. The fraction of sp³-hybridized carbons (Fsp3) is 0.385. The second kappa shape index (κ2) is 8.63. The predicted octanol–water partition coefficient (Wildman–Crippen LogP) is 2.73. The van der Waals surface area contributed by atoms with Gasteiger partial charge in [-0.25, -0.2) is 0 Å². The lowest BCUT2D eigenvalue weighted by Gasteiger charge is -1.99. The maximum atomic E-state index is 10.8. The Hall–Kier alpha value is -2.44. The smallest absolute Gasteiger partial charge is 0.305 e. The molecule has 7 heteroatoms. The van der Waals surface area contributed by atoms with Crippen molar-refractivity contribution in [3.05, 3.63) is 34.4 Å². The standard InChI is InChI=1S/C13H17N3O4/c1-20-13(17)5-3-2-4-10-14-15-11-6-8-12(9-7-11)16(18)19/h6-10,15H,2-5H2,1H3/b14-10+. The van der Waals surface area contributed by atoms with Crippen molar-refractivity contribution in [3.63, 3.8) is 0 Å². The van der Waals surface area contributed by atoms with Gasteiger partial charge >= 0.3 is 5.97 Å². The second-order valence-corrected chi connectivity index (χ2v) is 4.05. The summed E-state index contributed by atoms with van der Waals surface area (Å²) < 4.78 is 4.53. The summed E-state index contributed by atoms with van der Waals surface area (Å²) >= 11 is 0. The molecule has 0 aliphatic carbocycles. The Morgan fingerprint density at radius 1 is 1.40 bits per heavy atom. The molecule has 0 heterocycles. The molecule has 1 aromatic carbocycles. The number of nitrogens with zero attached hydrogens (tertiary/aromatic N) is 2. The molecule has 0 saturated carbocycles. The SMILES string of the molecule is COC(=O)CCCC/C=N/Nc1ccc([N+](=O)[O-])cc1. The van der Waals surface area contributed by atoms with Crippen LogP contribution in [0.5, 0.6) is 0 Å². The fourth-order valence-electron chi connectivity index (χ4n) is 1.45. The molecule has 1 N–H and O–H groups in total. The number of non-ortho nitro benzene ring substituents is 1. The number of methoxy groups -OCH3 is 1. The number of ether oxygens (including phenoxy) is 1. The van der Waals surface area contributed by atoms with E-state index in [1.54, 1.807) is 18.3 Å². The van der Waals surface area contributed by atoms with Gasteiger partial charge in [0.25, 0.3) is 5.69 Å². The molecule has 0 unspecified atom stereocenters. The Morgan fingerprint density at radius 3 is 2.70 bits per heavy atom. The number of nitro benzene ring substituents is 1. The van der Waals surface area contributed by atoms with Crippen LogP contribution in [0.4, 0.5) is 11.4 Å². The molecule has 0 aliphatic rings. The second-order valence-electron chi connectivity index (χ2n) is 4.05. The van der Waals surface area contributed by atoms with E-state index in [0.29, 0.717) is 12.1 Å². The van der Waals surface area contributed by atoms with Gasteiger partial charge in [-0.3, -0.25) is 20.3 Å². The zero-order chi connectivity index (χ0) is 14.8. The Morgan fingerprint density at radius 2 is 2.10 bits per heavy atom. The van der Waals surface area contributed by atoms with Crippen LogP contribution in [0, 0.1) is 10.1 Å². The summed E-state index contributed by atoms with van der Waals surface area (Å²) in [6, 6.07) is 6.00. The molecule has 7 nitrogen and oxygen atoms in total. The van der Waals surface area contributed by atoms with E-state index in [1.807, 2.05) is 0 Å². The fourth-order valence-corrected chi connectivity index (χ4v) is 1.45. The molecular formula is C13H17N3O4. The molecule has 0 amide bonds. The number of anilines is 1. The summed E-state index contributed by atoms with van der Waals surface area (Å²) in [7, 11) is 1.37. The van der Waals surface area contributed by atoms with Crippen LogP contribution in [0.25, 0.3) is 0 Å². The normalized spacial score (nSPS) is 10.4. The van der Waals surface area contributed by atoms with Crippen LogP contribution in [-0.4, -0.2) is 24.2 Å². The minimum atomic E-state index is -0.450. The lowest BCUT2D eigenvalue weighted by molar-refractivity contribution is -0.384. The maximum Gasteiger partial charge on any atom is 0.305 e. The number of rotatable bonds is 8. The van der Waals surface area contributed by atoms with Crippen LogP contribution >= 0.6 is 0 Å². The van der Waals surface area contributed by atoms with Crippen molar-refractivity contribution < 1.29 is 14.5 Å². The largest absolute Gasteiger partial charge is 0.469 e. The van der Waals surface area contributed by atoms with Crippen molar-refractivity contribution in [2.45, 2.75) is 25.7 Å². The van der Waals surface area contributed by atoms with Gasteiger partial charge in [0.1, 0.15) is 0 Å². The van der Waals surface area contributed by atoms with Gasteiger partial charge in [-0.2, -0.15) is 5.10 Å². The van der Waals surface area contributed by atoms with Crippen LogP contribution in [0.2, 0.25) is 0 Å². The molecule has 0 fully saturated rings. The van der Waals surface area contributed by atoms with Crippen molar-refractivity contribution in [2.24, 2.45) is 5.10 Å². The first-order valence-corrected chi connectivity index (χ1v) is 6.22. The first-order chi connectivity index (χ1) is 9.63. The molecule has 20 heavy (non-hydrogen) atoms. The van der Waals surface area contributed by atoms with Crippen LogP contribution < -0.4 is 5.43 Å². The van der Waals surface area contributed by atoms with Crippen LogP contribution in [0.15, 0.2) is 29.4 Å². The number of hydrogen-bond donors (Lipinski definition) is 1. The highest BCUT2D eigenvalue weighted by Gasteiger charge is 2.02. The van der Waals surface area contributed by atoms with Gasteiger partial charge in [0, 0.05) is 24.8 Å². The predicted molar refractivity (Wildman–Crippen MR) is 75.7 cm³/mol. The lowest BCUT2D eigenvalue weighted by atomic mass is 10.2. The average molecular weight is 279 g/mol. The Labute approximate surface area is 116 Å². The van der Waals surface area contributed by atoms with Gasteiger partial charge in [-0.15, -0.1) is 0 Å². The van der Waals surface area contributed by atoms with Gasteiger partial charge < -0.3 is 4.74 Å². The van der Waals surface area contributed by atoms with E-state index < -0.39 is 4.92 Å². The summed E-state index contributed by atoms with van der Waals surface area (Å²) in [4.78, 5) is 20.9. The summed E-state index contributed by atoms with van der Waals surface area (Å²) in [5, 5.41) is 14.5. The number of hydrogen-bond acceptors (Lipinski definition) is 6. The molecule has 0 bridgehead atoms. The third kappa shape index (κ3) is 5.94. The van der Waals surface area contributed by atoms with Gasteiger partial charge in [-0.05, 0) is 31.4 Å². The lowest BCUT2D eigenvalue weighted by Crippen LogP contribution is -1.99. The van der Waals surface area contributed by atoms with E-state index >= 15 is 0 Å². The van der Waals surface area contributed by atoms with E-state index in [-0.39, 0.29) is 11.7 Å². The first-order valence-electron chi connectivity index (χ1n) is 6.22. The number of benzene rings is 1. The van der Waals surface area contributed by atoms with Gasteiger partial charge in [0.05, 0.1) is 17.7 Å². The van der Waals surface area contributed by atoms with Gasteiger partial charge in [0.2, 0.25) is 0 Å². The number of carbonyl (C=O) groups is 1. The minimum Gasteiger partial charge on any atom is -0.469 e. The number of hydrazone groups is 1. The van der Waals surface area contributed by atoms with Gasteiger partial charge in [0.15, 0.2) is 0 Å². The summed E-state index contributed by atoms with van der Waals surface area (Å²) in [5.41, 5.74) is 3.50. The van der Waals surface area contributed by atoms with Crippen molar-refractivity contribution >= 4 is 23.6 Å². The summed E-state index contributed by atoms with van der Waals surface area (Å²) in [5.74, 6) is -0.203. The molecule has 0 spiro atoms. The van der Waals surface area contributed by atoms with Crippen molar-refractivity contribution in [1.29, 1.82) is 0 Å². The first kappa shape index (κ1) is 15.6. The minimum absolute atomic E-state index is 0.0438. The summed E-state index contributed by atoms with van der Waals surface area (Å²) in [6.07, 6.45) is 4.48. The average Bonchev–Trinajstić information content (AvgIpc) is 2.46. The zero-order valence-electron chi connectivity index (χ0n) is 11.2. The Bertz CT molecular complexity index is 471. The van der Waals surface area contributed by atoms with Crippen molar-refractivity contribution in [3.8, 4) is 0 Å². The van der Waals surface area contributed by atoms with Crippen LogP contribution in [0.1, 0.15) is 25.7 Å². The number of nitrogens with one attached hydrogen (secondary N) is 1. The quantitative estimate of drug-likeness (QED) is 0.259. The third-order valence-corrected chi connectivity index (χ3v) is 2.55. The monoisotopic (exact) mass is 279 g/mol. The van der Waals surface area contributed by atoms with Crippen LogP contribution in [0.3, 0.4) is 0 Å². The molecule has 0 atom stereocenters. The molecule has 0 radical (unpaired) electrons. The van der Waals surface area contributed by atoms with E-state index in [9.17, 15) is 14.9 Å². The van der Waals surface area contributed by atoms with Gasteiger partial charge in [-0.1, -0.05) is 0 Å². The number of carbonyl (C=O) groups excluding carboxylic acids is 1. The molecule has 0 aliphatic heterocycles. The maximum absolute atomic E-state index is 10.8. The van der Waals surface area contributed by atoms with Crippen molar-refractivity contribution in [1.82, 2.24) is 0 Å². The highest BCUT2D eigenvalue weighted by molar-refractivity contribution is 5.69. The molecule has 108 valence electrons. The number of unbranched alkanes of at least 4 members (excludes halogenated alkanes) is 2. The molecule has 0 aromatic heterocycles. The molecule has 1 rings (SSSR count). The van der Waals surface area contributed by atoms with E-state index in [0.717, 1.165) is 19.3 Å². The number of nitro groups is 1. The summed E-state index contributed by atoms with van der Waals surface area (Å²) in [6.45, 7) is 0. The highest BCUT2D eigenvalue weighted by Crippen LogP contribution is 2.15.